The Morgan fingerprint density at radius 3 is 2.67 bits per heavy atom. The molecule has 1 aliphatic rings. The van der Waals surface area contributed by atoms with Crippen molar-refractivity contribution in [2.24, 2.45) is 0 Å². The van der Waals surface area contributed by atoms with Gasteiger partial charge in [0, 0.05) is 27.9 Å². The van der Waals surface area contributed by atoms with Crippen LogP contribution in [0.1, 0.15) is 44.8 Å². The summed E-state index contributed by atoms with van der Waals surface area (Å²) in [5.41, 5.74) is 2.33. The van der Waals surface area contributed by atoms with Gasteiger partial charge in [0.25, 0.3) is 5.56 Å². The van der Waals surface area contributed by atoms with Gasteiger partial charge in [0.15, 0.2) is 0 Å². The largest absolute Gasteiger partial charge is 0.465 e. The number of aromatic amines is 1. The number of hydrogen-bond donors (Lipinski definition) is 2. The van der Waals surface area contributed by atoms with Gasteiger partial charge in [-0.15, -0.1) is 5.10 Å². The number of carboxylic acid groups (broad SMARTS) is 1. The van der Waals surface area contributed by atoms with Gasteiger partial charge < -0.3 is 14.7 Å². The molecule has 14 heteroatoms. The van der Waals surface area contributed by atoms with E-state index in [0.717, 1.165) is 10.6 Å². The van der Waals surface area contributed by atoms with Crippen LogP contribution in [0.15, 0.2) is 59.8 Å². The third-order valence-electron chi connectivity index (χ3n) is 7.13. The highest BCUT2D eigenvalue weighted by atomic mass is 35.5. The van der Waals surface area contributed by atoms with Crippen molar-refractivity contribution in [3.05, 3.63) is 87.8 Å². The van der Waals surface area contributed by atoms with Crippen LogP contribution < -0.4 is 10.5 Å². The summed E-state index contributed by atoms with van der Waals surface area (Å²) in [7, 11) is 0. The lowest BCUT2D eigenvalue weighted by Crippen LogP contribution is -2.45. The first-order chi connectivity index (χ1) is 20.0. The van der Waals surface area contributed by atoms with Gasteiger partial charge in [-0.05, 0) is 86.0 Å². The van der Waals surface area contributed by atoms with E-state index in [1.165, 1.54) is 35.4 Å². The summed E-state index contributed by atoms with van der Waals surface area (Å²) >= 11 is 6.29. The van der Waals surface area contributed by atoms with Crippen LogP contribution in [0.3, 0.4) is 0 Å². The van der Waals surface area contributed by atoms with Gasteiger partial charge in [-0.25, -0.2) is 14.8 Å². The number of pyridine rings is 2. The molecule has 12 nitrogen and oxygen atoms in total. The van der Waals surface area contributed by atoms with Crippen molar-refractivity contribution in [2.75, 3.05) is 4.90 Å². The molecule has 1 aliphatic heterocycles. The summed E-state index contributed by atoms with van der Waals surface area (Å²) in [5, 5.41) is 21.5. The molecule has 0 unspecified atom stereocenters. The Labute approximate surface area is 243 Å². The Balaban J connectivity index is 1.32. The quantitative estimate of drug-likeness (QED) is 0.275. The van der Waals surface area contributed by atoms with Crippen molar-refractivity contribution >= 4 is 23.5 Å². The predicted molar refractivity (Wildman–Crippen MR) is 152 cm³/mol. The molecule has 0 spiro atoms. The summed E-state index contributed by atoms with van der Waals surface area (Å²) in [4.78, 5) is 37.8. The Hall–Kier alpha value is -4.91. The molecule has 1 atom stereocenters. The Morgan fingerprint density at radius 1 is 1.17 bits per heavy atom. The molecular formula is C28H25ClFN9O3. The van der Waals surface area contributed by atoms with Gasteiger partial charge in [-0.3, -0.25) is 9.69 Å². The number of anilines is 1. The van der Waals surface area contributed by atoms with Crippen LogP contribution in [-0.2, 0) is 6.42 Å². The predicted octanol–water partition coefficient (Wildman–Crippen LogP) is 4.89. The van der Waals surface area contributed by atoms with Crippen molar-refractivity contribution in [1.82, 2.24) is 39.7 Å². The zero-order chi connectivity index (χ0) is 29.8. The zero-order valence-corrected chi connectivity index (χ0v) is 23.5. The second kappa shape index (κ2) is 10.2. The molecule has 4 aromatic heterocycles. The second-order valence-electron chi connectivity index (χ2n) is 10.9. The van der Waals surface area contributed by atoms with E-state index in [-0.39, 0.29) is 23.0 Å². The first kappa shape index (κ1) is 27.3. The maximum absolute atomic E-state index is 15.1. The number of aromatic nitrogens is 8. The number of rotatable bonds is 5. The van der Waals surface area contributed by atoms with Crippen LogP contribution >= 0.6 is 11.6 Å². The van der Waals surface area contributed by atoms with Gasteiger partial charge in [0.2, 0.25) is 5.95 Å². The van der Waals surface area contributed by atoms with E-state index in [1.54, 1.807) is 43.5 Å². The molecule has 42 heavy (non-hydrogen) atoms. The Morgan fingerprint density at radius 2 is 1.98 bits per heavy atom. The minimum atomic E-state index is -1.23. The molecule has 0 fully saturated rings. The number of nitrogens with one attached hydrogen (secondary N) is 1. The first-order valence-corrected chi connectivity index (χ1v) is 13.4. The van der Waals surface area contributed by atoms with Crippen molar-refractivity contribution in [3.8, 4) is 28.1 Å². The van der Waals surface area contributed by atoms with E-state index in [2.05, 4.69) is 30.5 Å². The lowest BCUT2D eigenvalue weighted by atomic mass is 10.0. The van der Waals surface area contributed by atoms with Crippen LogP contribution in [0.4, 0.5) is 15.0 Å². The van der Waals surface area contributed by atoms with Crippen molar-refractivity contribution in [1.29, 1.82) is 0 Å². The third kappa shape index (κ3) is 4.81. The number of aryl methyl sites for hydroxylation is 1. The third-order valence-corrected chi connectivity index (χ3v) is 7.36. The highest BCUT2D eigenvalue weighted by Gasteiger charge is 2.31. The molecule has 5 aromatic rings. The summed E-state index contributed by atoms with van der Waals surface area (Å²) in [6.45, 7) is 5.09. The molecule has 1 amide bonds. The molecule has 0 bridgehead atoms. The number of nitrogens with zero attached hydrogens (tertiary/aromatic N) is 8. The first-order valence-electron chi connectivity index (χ1n) is 13.0. The number of H-pyrrole nitrogens is 1. The fourth-order valence-corrected chi connectivity index (χ4v) is 5.51. The lowest BCUT2D eigenvalue weighted by Gasteiger charge is -2.32. The van der Waals surface area contributed by atoms with Crippen molar-refractivity contribution in [2.45, 2.75) is 45.2 Å². The summed E-state index contributed by atoms with van der Waals surface area (Å²) in [6.07, 6.45) is 2.94. The number of amides is 1. The number of benzene rings is 1. The van der Waals surface area contributed by atoms with E-state index in [1.807, 2.05) is 6.07 Å². The highest BCUT2D eigenvalue weighted by Crippen LogP contribution is 2.35. The van der Waals surface area contributed by atoms with Gasteiger partial charge in [0.05, 0.1) is 29.2 Å². The van der Waals surface area contributed by atoms with Crippen LogP contribution in [0.25, 0.3) is 28.1 Å². The van der Waals surface area contributed by atoms with Crippen LogP contribution in [0, 0.1) is 5.95 Å². The summed E-state index contributed by atoms with van der Waals surface area (Å²) in [6, 6.07) is 11.3. The van der Waals surface area contributed by atoms with E-state index in [9.17, 15) is 14.7 Å². The van der Waals surface area contributed by atoms with Crippen LogP contribution in [0.2, 0.25) is 5.02 Å². The molecule has 1 aromatic carbocycles. The molecule has 0 radical (unpaired) electrons. The Kier molecular flexibility index (Phi) is 6.61. The number of tetrazole rings is 1. The molecule has 6 rings (SSSR count). The van der Waals surface area contributed by atoms with Crippen molar-refractivity contribution < 1.29 is 14.3 Å². The zero-order valence-electron chi connectivity index (χ0n) is 22.8. The van der Waals surface area contributed by atoms with Gasteiger partial charge >= 0.3 is 6.09 Å². The molecule has 0 saturated carbocycles. The van der Waals surface area contributed by atoms with E-state index in [0.29, 0.717) is 46.2 Å². The van der Waals surface area contributed by atoms with Gasteiger partial charge in [-0.2, -0.15) is 9.07 Å². The van der Waals surface area contributed by atoms with E-state index in [4.69, 9.17) is 11.6 Å². The number of halogens is 2. The number of carbonyl (C=O) groups is 1. The molecule has 2 N–H and O–H groups in total. The maximum atomic E-state index is 15.1. The van der Waals surface area contributed by atoms with E-state index >= 15 is 4.39 Å². The standard InChI is InChI=1S/C28H25ClFN9O3/c1-28(2,3)39(27(41)42)23-9-6-18(25(30)34-23)20-13-31-26(33-20)22-8-5-17-10-15(11-24(40)38(17)22)19-12-16(29)4-7-21(19)37-14-32-35-36-37/h4,6-7,9-14,22H,5,8H2,1-3H3,(H,31,33)(H,41,42)/t22-/m0/s1. The monoisotopic (exact) mass is 589 g/mol. The summed E-state index contributed by atoms with van der Waals surface area (Å²) < 4.78 is 18.3. The summed E-state index contributed by atoms with van der Waals surface area (Å²) in [5.74, 6) is -0.362. The topological polar surface area (TPSA) is 148 Å². The van der Waals surface area contributed by atoms with Crippen LogP contribution in [-0.4, -0.2) is 56.5 Å². The Bertz CT molecular complexity index is 1880. The average Bonchev–Trinajstić information content (AvgIpc) is 3.69. The minimum absolute atomic E-state index is 0.0222. The molecule has 5 heterocycles. The number of fused-ring (bicyclic) bond motifs is 1. The minimum Gasteiger partial charge on any atom is -0.465 e. The smallest absolute Gasteiger partial charge is 0.413 e. The number of hydrogen-bond acceptors (Lipinski definition) is 7. The molecule has 214 valence electrons. The maximum Gasteiger partial charge on any atom is 0.413 e. The average molecular weight is 590 g/mol. The molecule has 0 aliphatic carbocycles. The normalized spacial score (nSPS) is 14.6. The lowest BCUT2D eigenvalue weighted by molar-refractivity contribution is 0.195. The second-order valence-corrected chi connectivity index (χ2v) is 11.3. The van der Waals surface area contributed by atoms with Gasteiger partial charge in [0.1, 0.15) is 18.0 Å². The van der Waals surface area contributed by atoms with Gasteiger partial charge in [-0.1, -0.05) is 11.6 Å². The molecule has 0 saturated heterocycles. The fraction of sp³-hybridized carbons (Fsp3) is 0.250. The van der Waals surface area contributed by atoms with Crippen molar-refractivity contribution in [3.63, 3.8) is 0 Å². The van der Waals surface area contributed by atoms with E-state index < -0.39 is 17.6 Å². The highest BCUT2D eigenvalue weighted by molar-refractivity contribution is 6.31. The fourth-order valence-electron chi connectivity index (χ4n) is 5.34. The molecular weight excluding hydrogens is 565 g/mol. The van der Waals surface area contributed by atoms with Crippen LogP contribution in [0.5, 0.6) is 0 Å². The SMILES string of the molecule is CC(C)(C)N(C(=O)O)c1ccc(-c2cnc([C@@H]3CCc4cc(-c5cc(Cl)ccc5-n5cnnn5)cc(=O)n43)[nH]2)c(F)n1. The number of imidazole rings is 1.